The van der Waals surface area contributed by atoms with Crippen molar-refractivity contribution in [3.8, 4) is 5.75 Å². The van der Waals surface area contributed by atoms with Crippen molar-refractivity contribution in [2.75, 3.05) is 13.7 Å². The summed E-state index contributed by atoms with van der Waals surface area (Å²) >= 11 is 0. The van der Waals surface area contributed by atoms with Crippen LogP contribution in [0, 0.1) is 0 Å². The third-order valence-corrected chi connectivity index (χ3v) is 2.94. The Morgan fingerprint density at radius 3 is 2.70 bits per heavy atom. The van der Waals surface area contributed by atoms with Crippen LogP contribution in [0.1, 0.15) is 12.5 Å². The van der Waals surface area contributed by atoms with E-state index in [0.29, 0.717) is 16.9 Å². The molecular formula is C15H16O5. The molecule has 0 aliphatic carbocycles. The summed E-state index contributed by atoms with van der Waals surface area (Å²) in [5.74, 6) is 0.511. The molecule has 1 atom stereocenters. The van der Waals surface area contributed by atoms with Gasteiger partial charge in [-0.05, 0) is 31.2 Å². The van der Waals surface area contributed by atoms with Crippen LogP contribution in [-0.2, 0) is 0 Å². The highest BCUT2D eigenvalue weighted by Crippen LogP contribution is 2.29. The van der Waals surface area contributed by atoms with Crippen LogP contribution in [0.15, 0.2) is 39.6 Å². The monoisotopic (exact) mass is 276 g/mol. The molecule has 2 N–H and O–H groups in total. The third-order valence-electron chi connectivity index (χ3n) is 2.94. The zero-order valence-electron chi connectivity index (χ0n) is 11.3. The van der Waals surface area contributed by atoms with Crippen LogP contribution in [0.5, 0.6) is 5.75 Å². The first-order valence-electron chi connectivity index (χ1n) is 6.10. The Bertz CT molecular complexity index is 697. The molecule has 2 rings (SSSR count). The zero-order valence-corrected chi connectivity index (χ0v) is 11.3. The topological polar surface area (TPSA) is 79.9 Å². The second-order valence-corrected chi connectivity index (χ2v) is 4.70. The number of rotatable bonds is 4. The number of aliphatic hydroxyl groups is 2. The lowest BCUT2D eigenvalue weighted by molar-refractivity contribution is 0.0442. The minimum absolute atomic E-state index is 0.377. The Hall–Kier alpha value is -2.11. The van der Waals surface area contributed by atoms with E-state index >= 15 is 0 Å². The molecule has 1 aromatic heterocycles. The Balaban J connectivity index is 2.65. The Labute approximate surface area is 115 Å². The lowest BCUT2D eigenvalue weighted by Gasteiger charge is -2.15. The van der Waals surface area contributed by atoms with Gasteiger partial charge in [0.05, 0.1) is 19.3 Å². The van der Waals surface area contributed by atoms with E-state index in [2.05, 4.69) is 0 Å². The normalized spacial score (nSPS) is 14.6. The fourth-order valence-electron chi connectivity index (χ4n) is 1.79. The molecule has 1 aromatic carbocycles. The van der Waals surface area contributed by atoms with Gasteiger partial charge in [-0.1, -0.05) is 6.08 Å². The van der Waals surface area contributed by atoms with Gasteiger partial charge in [-0.2, -0.15) is 0 Å². The molecule has 2 aromatic rings. The van der Waals surface area contributed by atoms with E-state index in [1.807, 2.05) is 0 Å². The van der Waals surface area contributed by atoms with E-state index in [0.717, 1.165) is 5.39 Å². The number of benzene rings is 1. The summed E-state index contributed by atoms with van der Waals surface area (Å²) in [5, 5.41) is 19.6. The quantitative estimate of drug-likeness (QED) is 0.828. The lowest BCUT2D eigenvalue weighted by Crippen LogP contribution is -2.25. The molecule has 1 unspecified atom stereocenters. The summed E-state index contributed by atoms with van der Waals surface area (Å²) in [6.45, 7) is 1.05. The van der Waals surface area contributed by atoms with Crippen molar-refractivity contribution < 1.29 is 19.4 Å². The van der Waals surface area contributed by atoms with Gasteiger partial charge in [0.2, 0.25) is 0 Å². The van der Waals surface area contributed by atoms with E-state index in [-0.39, 0.29) is 0 Å². The maximum Gasteiger partial charge on any atom is 0.336 e. The SMILES string of the molecule is COc1ccc2ccc(=O)oc2c1/C=C/C(C)(O)CO. The molecule has 20 heavy (non-hydrogen) atoms. The molecular weight excluding hydrogens is 260 g/mol. The minimum atomic E-state index is -1.36. The summed E-state index contributed by atoms with van der Waals surface area (Å²) in [7, 11) is 1.50. The van der Waals surface area contributed by atoms with Gasteiger partial charge in [-0.3, -0.25) is 0 Å². The highest BCUT2D eigenvalue weighted by atomic mass is 16.5. The zero-order chi connectivity index (χ0) is 14.8. The van der Waals surface area contributed by atoms with Crippen LogP contribution < -0.4 is 10.4 Å². The number of aliphatic hydroxyl groups excluding tert-OH is 1. The van der Waals surface area contributed by atoms with Gasteiger partial charge >= 0.3 is 5.63 Å². The Morgan fingerprint density at radius 2 is 2.05 bits per heavy atom. The van der Waals surface area contributed by atoms with Crippen molar-refractivity contribution in [1.29, 1.82) is 0 Å². The van der Waals surface area contributed by atoms with Crippen LogP contribution in [0.2, 0.25) is 0 Å². The molecule has 0 saturated heterocycles. The summed E-state index contributed by atoms with van der Waals surface area (Å²) in [4.78, 5) is 11.4. The lowest BCUT2D eigenvalue weighted by atomic mass is 10.0. The summed E-state index contributed by atoms with van der Waals surface area (Å²) in [5.41, 5.74) is -0.907. The molecule has 5 heteroatoms. The highest BCUT2D eigenvalue weighted by molar-refractivity contribution is 5.88. The highest BCUT2D eigenvalue weighted by Gasteiger charge is 2.15. The molecule has 0 saturated carbocycles. The van der Waals surface area contributed by atoms with Gasteiger partial charge < -0.3 is 19.4 Å². The maximum atomic E-state index is 11.4. The van der Waals surface area contributed by atoms with Gasteiger partial charge in [0.25, 0.3) is 0 Å². The van der Waals surface area contributed by atoms with Crippen molar-refractivity contribution >= 4 is 17.0 Å². The smallest absolute Gasteiger partial charge is 0.336 e. The number of hydrogen-bond acceptors (Lipinski definition) is 5. The van der Waals surface area contributed by atoms with E-state index in [1.165, 1.54) is 26.2 Å². The van der Waals surface area contributed by atoms with E-state index < -0.39 is 17.8 Å². The molecule has 0 aliphatic heterocycles. The predicted molar refractivity (Wildman–Crippen MR) is 75.8 cm³/mol. The molecule has 0 amide bonds. The average Bonchev–Trinajstić information content (AvgIpc) is 2.44. The second-order valence-electron chi connectivity index (χ2n) is 4.70. The van der Waals surface area contributed by atoms with Crippen molar-refractivity contribution in [2.45, 2.75) is 12.5 Å². The summed E-state index contributed by atoms with van der Waals surface area (Å²) < 4.78 is 10.4. The van der Waals surface area contributed by atoms with Crippen LogP contribution in [0.3, 0.4) is 0 Å². The molecule has 0 fully saturated rings. The number of methoxy groups -OCH3 is 1. The standard InChI is InChI=1S/C15H16O5/c1-15(18,9-16)8-7-11-12(19-2)5-3-10-4-6-13(17)20-14(10)11/h3-8,16,18H,9H2,1-2H3/b8-7+. The van der Waals surface area contributed by atoms with Crippen LogP contribution in [0.25, 0.3) is 17.0 Å². The average molecular weight is 276 g/mol. The molecule has 1 heterocycles. The largest absolute Gasteiger partial charge is 0.496 e. The van der Waals surface area contributed by atoms with Crippen LogP contribution in [-0.4, -0.2) is 29.5 Å². The number of hydrogen-bond donors (Lipinski definition) is 2. The predicted octanol–water partition coefficient (Wildman–Crippen LogP) is 1.56. The fraction of sp³-hybridized carbons (Fsp3) is 0.267. The molecule has 0 aliphatic rings. The summed E-state index contributed by atoms with van der Waals surface area (Å²) in [6, 6.07) is 6.52. The van der Waals surface area contributed by atoms with Crippen molar-refractivity contribution in [2.24, 2.45) is 0 Å². The van der Waals surface area contributed by atoms with Gasteiger partial charge in [0, 0.05) is 11.5 Å². The van der Waals surface area contributed by atoms with Crippen molar-refractivity contribution in [3.05, 3.63) is 46.3 Å². The van der Waals surface area contributed by atoms with E-state index in [1.54, 1.807) is 24.3 Å². The second kappa shape index (κ2) is 5.48. The van der Waals surface area contributed by atoms with E-state index in [4.69, 9.17) is 14.3 Å². The Morgan fingerprint density at radius 1 is 1.35 bits per heavy atom. The molecule has 0 radical (unpaired) electrons. The molecule has 0 spiro atoms. The van der Waals surface area contributed by atoms with Crippen molar-refractivity contribution in [1.82, 2.24) is 0 Å². The first-order valence-corrected chi connectivity index (χ1v) is 6.10. The molecule has 0 bridgehead atoms. The number of ether oxygens (including phenoxy) is 1. The fourth-order valence-corrected chi connectivity index (χ4v) is 1.79. The first-order chi connectivity index (χ1) is 9.46. The van der Waals surface area contributed by atoms with Gasteiger partial charge in [0.15, 0.2) is 0 Å². The number of fused-ring (bicyclic) bond motifs is 1. The molecule has 5 nitrogen and oxygen atoms in total. The van der Waals surface area contributed by atoms with Gasteiger partial charge in [-0.25, -0.2) is 4.79 Å². The van der Waals surface area contributed by atoms with Gasteiger partial charge in [0.1, 0.15) is 16.9 Å². The van der Waals surface area contributed by atoms with E-state index in [9.17, 15) is 9.90 Å². The van der Waals surface area contributed by atoms with Gasteiger partial charge in [-0.15, -0.1) is 0 Å². The van der Waals surface area contributed by atoms with Crippen molar-refractivity contribution in [3.63, 3.8) is 0 Å². The third kappa shape index (κ3) is 2.89. The maximum absolute atomic E-state index is 11.4. The summed E-state index contributed by atoms with van der Waals surface area (Å²) in [6.07, 6.45) is 3.00. The van der Waals surface area contributed by atoms with Crippen LogP contribution in [0.4, 0.5) is 0 Å². The minimum Gasteiger partial charge on any atom is -0.496 e. The Kier molecular flexibility index (Phi) is 3.92. The first kappa shape index (κ1) is 14.3. The van der Waals surface area contributed by atoms with Crippen LogP contribution >= 0.6 is 0 Å². The molecule has 106 valence electrons.